The molecule has 0 aromatic heterocycles. The van der Waals surface area contributed by atoms with Crippen molar-refractivity contribution in [3.05, 3.63) is 95.6 Å². The minimum absolute atomic E-state index is 0.0426. The minimum atomic E-state index is -3.59. The van der Waals surface area contributed by atoms with Gasteiger partial charge in [-0.05, 0) is 67.6 Å². The number of benzene rings is 3. The number of nitrogens with one attached hydrogen (secondary N) is 1. The van der Waals surface area contributed by atoms with Crippen molar-refractivity contribution in [2.75, 3.05) is 24.2 Å². The quantitative estimate of drug-likeness (QED) is 0.264. The largest absolute Gasteiger partial charge is 0.497 e. The number of amides is 2. The van der Waals surface area contributed by atoms with Crippen LogP contribution in [0.5, 0.6) is 5.75 Å². The second-order valence-electron chi connectivity index (χ2n) is 10.6. The van der Waals surface area contributed by atoms with Crippen LogP contribution in [-0.4, -0.2) is 57.1 Å². The van der Waals surface area contributed by atoms with Crippen LogP contribution in [-0.2, 0) is 32.6 Å². The lowest BCUT2D eigenvalue weighted by atomic mass is 10.0. The molecule has 0 aliphatic heterocycles. The van der Waals surface area contributed by atoms with Gasteiger partial charge in [0.1, 0.15) is 11.8 Å². The Hall–Kier alpha value is -3.85. The zero-order valence-electron chi connectivity index (χ0n) is 25.2. The first-order valence-corrected chi connectivity index (χ1v) is 16.2. The molecule has 3 rings (SSSR count). The molecular formula is C33H43N3O5S. The Morgan fingerprint density at radius 3 is 2.19 bits per heavy atom. The lowest BCUT2D eigenvalue weighted by Gasteiger charge is -2.33. The molecule has 0 spiro atoms. The van der Waals surface area contributed by atoms with Gasteiger partial charge in [-0.3, -0.25) is 13.9 Å². The summed E-state index contributed by atoms with van der Waals surface area (Å²) in [5.41, 5.74) is 3.43. The van der Waals surface area contributed by atoms with Gasteiger partial charge < -0.3 is 15.0 Å². The lowest BCUT2D eigenvalue weighted by molar-refractivity contribution is -0.141. The maximum atomic E-state index is 14.0. The van der Waals surface area contributed by atoms with Crippen molar-refractivity contribution in [1.29, 1.82) is 0 Å². The van der Waals surface area contributed by atoms with E-state index >= 15 is 0 Å². The Bertz CT molecular complexity index is 1410. The molecule has 42 heavy (non-hydrogen) atoms. The van der Waals surface area contributed by atoms with Crippen molar-refractivity contribution in [1.82, 2.24) is 10.2 Å². The SMILES string of the molecule is CC[C@@H](C)NC(=O)[C@H](Cc1ccccc1)N(Cc1ccccc1C)C(=O)CCCN(c1ccc(OC)cc1)S(C)(=O)=O. The normalized spacial score (nSPS) is 12.7. The average molecular weight is 594 g/mol. The zero-order valence-corrected chi connectivity index (χ0v) is 26.1. The van der Waals surface area contributed by atoms with Crippen LogP contribution in [0, 0.1) is 6.92 Å². The molecule has 0 saturated carbocycles. The molecule has 8 nitrogen and oxygen atoms in total. The van der Waals surface area contributed by atoms with Crippen LogP contribution in [0.4, 0.5) is 5.69 Å². The Balaban J connectivity index is 1.89. The van der Waals surface area contributed by atoms with Gasteiger partial charge in [0.05, 0.1) is 19.1 Å². The third-order valence-electron chi connectivity index (χ3n) is 7.39. The van der Waals surface area contributed by atoms with Gasteiger partial charge in [0, 0.05) is 32.0 Å². The first-order chi connectivity index (χ1) is 20.0. The van der Waals surface area contributed by atoms with Gasteiger partial charge in [0.2, 0.25) is 21.8 Å². The highest BCUT2D eigenvalue weighted by atomic mass is 32.2. The number of nitrogens with zero attached hydrogens (tertiary/aromatic N) is 2. The van der Waals surface area contributed by atoms with Crippen LogP contribution in [0.2, 0.25) is 0 Å². The molecule has 0 bridgehead atoms. The van der Waals surface area contributed by atoms with Gasteiger partial charge in [0.25, 0.3) is 0 Å². The molecule has 1 N–H and O–H groups in total. The molecule has 0 radical (unpaired) electrons. The van der Waals surface area contributed by atoms with Crippen LogP contribution >= 0.6 is 0 Å². The second-order valence-corrected chi connectivity index (χ2v) is 12.5. The summed E-state index contributed by atoms with van der Waals surface area (Å²) in [7, 11) is -2.05. The first-order valence-electron chi connectivity index (χ1n) is 14.3. The summed E-state index contributed by atoms with van der Waals surface area (Å²) in [6, 6.07) is 23.5. The number of anilines is 1. The van der Waals surface area contributed by atoms with E-state index in [0.717, 1.165) is 29.4 Å². The Morgan fingerprint density at radius 1 is 0.952 bits per heavy atom. The fourth-order valence-corrected chi connectivity index (χ4v) is 5.68. The fourth-order valence-electron chi connectivity index (χ4n) is 4.72. The molecular weight excluding hydrogens is 550 g/mol. The molecule has 3 aromatic rings. The van der Waals surface area contributed by atoms with E-state index in [0.29, 0.717) is 17.9 Å². The van der Waals surface area contributed by atoms with Gasteiger partial charge in [-0.15, -0.1) is 0 Å². The average Bonchev–Trinajstić information content (AvgIpc) is 2.97. The summed E-state index contributed by atoms with van der Waals surface area (Å²) in [5, 5.41) is 3.08. The number of methoxy groups -OCH3 is 1. The molecule has 2 amide bonds. The highest BCUT2D eigenvalue weighted by molar-refractivity contribution is 7.92. The molecule has 0 aliphatic carbocycles. The summed E-state index contributed by atoms with van der Waals surface area (Å²) in [5.74, 6) is 0.210. The standard InChI is InChI=1S/C33H43N3O5S/c1-6-26(3)34-33(38)31(23-27-14-8-7-9-15-27)35(24-28-16-11-10-13-25(28)2)32(37)17-12-22-36(42(5,39)40)29-18-20-30(41-4)21-19-29/h7-11,13-16,18-21,26,31H,6,12,17,22-24H2,1-5H3,(H,34,38)/t26-,31+/m1/s1. The van der Waals surface area contributed by atoms with E-state index in [4.69, 9.17) is 4.74 Å². The number of carbonyl (C=O) groups excluding carboxylic acids is 2. The summed E-state index contributed by atoms with van der Waals surface area (Å²) in [4.78, 5) is 29.3. The van der Waals surface area contributed by atoms with E-state index in [2.05, 4.69) is 5.32 Å². The summed E-state index contributed by atoms with van der Waals surface area (Å²) in [6.07, 6.45) is 2.64. The zero-order chi connectivity index (χ0) is 30.7. The van der Waals surface area contributed by atoms with Crippen molar-refractivity contribution < 1.29 is 22.7 Å². The molecule has 0 fully saturated rings. The molecule has 2 atom stereocenters. The number of ether oxygens (including phenoxy) is 1. The minimum Gasteiger partial charge on any atom is -0.497 e. The van der Waals surface area contributed by atoms with E-state index < -0.39 is 16.1 Å². The van der Waals surface area contributed by atoms with E-state index in [-0.39, 0.29) is 43.8 Å². The van der Waals surface area contributed by atoms with Crippen LogP contribution < -0.4 is 14.4 Å². The molecule has 9 heteroatoms. The van der Waals surface area contributed by atoms with Crippen molar-refractivity contribution in [2.24, 2.45) is 0 Å². The molecule has 0 unspecified atom stereocenters. The summed E-state index contributed by atoms with van der Waals surface area (Å²) in [6.45, 7) is 6.33. The molecule has 3 aromatic carbocycles. The number of hydrogen-bond acceptors (Lipinski definition) is 5. The van der Waals surface area contributed by atoms with E-state index in [9.17, 15) is 18.0 Å². The predicted molar refractivity (Wildman–Crippen MR) is 168 cm³/mol. The van der Waals surface area contributed by atoms with E-state index in [1.54, 1.807) is 36.3 Å². The van der Waals surface area contributed by atoms with E-state index in [1.165, 1.54) is 4.31 Å². The van der Waals surface area contributed by atoms with Gasteiger partial charge in [-0.2, -0.15) is 0 Å². The maximum absolute atomic E-state index is 14.0. The number of carbonyl (C=O) groups is 2. The van der Waals surface area contributed by atoms with Crippen LogP contribution in [0.25, 0.3) is 0 Å². The Labute approximate surface area is 250 Å². The molecule has 226 valence electrons. The molecule has 0 heterocycles. The Morgan fingerprint density at radius 2 is 1.60 bits per heavy atom. The summed E-state index contributed by atoms with van der Waals surface area (Å²) >= 11 is 0. The lowest BCUT2D eigenvalue weighted by Crippen LogP contribution is -2.52. The van der Waals surface area contributed by atoms with Crippen molar-refractivity contribution >= 4 is 27.5 Å². The van der Waals surface area contributed by atoms with Crippen molar-refractivity contribution in [2.45, 2.75) is 65.1 Å². The van der Waals surface area contributed by atoms with Crippen LogP contribution in [0.15, 0.2) is 78.9 Å². The third kappa shape index (κ3) is 9.34. The van der Waals surface area contributed by atoms with Gasteiger partial charge >= 0.3 is 0 Å². The van der Waals surface area contributed by atoms with Crippen LogP contribution in [0.3, 0.4) is 0 Å². The number of hydrogen-bond donors (Lipinski definition) is 1. The molecule has 0 aliphatic rings. The van der Waals surface area contributed by atoms with Crippen molar-refractivity contribution in [3.63, 3.8) is 0 Å². The van der Waals surface area contributed by atoms with Crippen molar-refractivity contribution in [3.8, 4) is 5.75 Å². The number of aryl methyl sites for hydroxylation is 1. The smallest absolute Gasteiger partial charge is 0.243 e. The first kappa shape index (κ1) is 32.7. The third-order valence-corrected chi connectivity index (χ3v) is 8.58. The monoisotopic (exact) mass is 593 g/mol. The number of sulfonamides is 1. The number of rotatable bonds is 15. The predicted octanol–water partition coefficient (Wildman–Crippen LogP) is 5.10. The second kappa shape index (κ2) is 15.4. The van der Waals surface area contributed by atoms with Gasteiger partial charge in [0.15, 0.2) is 0 Å². The Kier molecular flexibility index (Phi) is 12.0. The molecule has 0 saturated heterocycles. The maximum Gasteiger partial charge on any atom is 0.243 e. The topological polar surface area (TPSA) is 96.0 Å². The highest BCUT2D eigenvalue weighted by Gasteiger charge is 2.31. The van der Waals surface area contributed by atoms with Gasteiger partial charge in [-0.1, -0.05) is 61.5 Å². The van der Waals surface area contributed by atoms with E-state index in [1.807, 2.05) is 75.4 Å². The fraction of sp³-hybridized carbons (Fsp3) is 0.394. The van der Waals surface area contributed by atoms with Crippen LogP contribution in [0.1, 0.15) is 49.8 Å². The highest BCUT2D eigenvalue weighted by Crippen LogP contribution is 2.23. The summed E-state index contributed by atoms with van der Waals surface area (Å²) < 4.78 is 31.8. The van der Waals surface area contributed by atoms with Gasteiger partial charge in [-0.25, -0.2) is 8.42 Å².